The summed E-state index contributed by atoms with van der Waals surface area (Å²) >= 11 is 5.98. The zero-order valence-electron chi connectivity index (χ0n) is 14.0. The number of nitrogens with one attached hydrogen (secondary N) is 2. The Morgan fingerprint density at radius 1 is 1.12 bits per heavy atom. The largest absolute Gasteiger partial charge is 0.341 e. The second-order valence-corrected chi connectivity index (χ2v) is 7.47. The van der Waals surface area contributed by atoms with Crippen LogP contribution in [0.5, 0.6) is 0 Å². The standard InChI is InChI=1S/C19H25ClN4/c20-16-5-3-15(4-6-16)17-12-22-19(23-17)18-2-1-11-24(18)13-14-7-9-21-10-8-14/h3-6,12,14,18,21H,1-2,7-11,13H2,(H,22,23). The lowest BCUT2D eigenvalue weighted by atomic mass is 9.97. The Morgan fingerprint density at radius 3 is 2.71 bits per heavy atom. The van der Waals surface area contributed by atoms with Gasteiger partial charge < -0.3 is 10.3 Å². The molecule has 4 nitrogen and oxygen atoms in total. The Kier molecular flexibility index (Phi) is 4.88. The van der Waals surface area contributed by atoms with Gasteiger partial charge in [-0.25, -0.2) is 4.98 Å². The van der Waals surface area contributed by atoms with Crippen LogP contribution >= 0.6 is 11.6 Å². The van der Waals surface area contributed by atoms with E-state index in [4.69, 9.17) is 16.6 Å². The van der Waals surface area contributed by atoms with Gasteiger partial charge >= 0.3 is 0 Å². The van der Waals surface area contributed by atoms with Gasteiger partial charge in [-0.05, 0) is 68.9 Å². The number of rotatable bonds is 4. The number of nitrogens with zero attached hydrogens (tertiary/aromatic N) is 2. The topological polar surface area (TPSA) is 44.0 Å². The first-order chi connectivity index (χ1) is 11.8. The zero-order valence-corrected chi connectivity index (χ0v) is 14.7. The third-order valence-corrected chi connectivity index (χ3v) is 5.63. The highest BCUT2D eigenvalue weighted by Gasteiger charge is 2.30. The minimum absolute atomic E-state index is 0.445. The predicted molar refractivity (Wildman–Crippen MR) is 98.2 cm³/mol. The van der Waals surface area contributed by atoms with Crippen LogP contribution < -0.4 is 5.32 Å². The second-order valence-electron chi connectivity index (χ2n) is 7.04. The van der Waals surface area contributed by atoms with Crippen LogP contribution in [0.3, 0.4) is 0 Å². The zero-order chi connectivity index (χ0) is 16.4. The molecule has 0 bridgehead atoms. The lowest BCUT2D eigenvalue weighted by Crippen LogP contribution is -2.36. The van der Waals surface area contributed by atoms with E-state index in [1.54, 1.807) is 0 Å². The van der Waals surface area contributed by atoms with Crippen LogP contribution in [-0.4, -0.2) is 41.0 Å². The highest BCUT2D eigenvalue weighted by atomic mass is 35.5. The first kappa shape index (κ1) is 16.1. The molecule has 2 N–H and O–H groups in total. The van der Waals surface area contributed by atoms with E-state index in [0.717, 1.165) is 28.0 Å². The molecule has 2 aromatic rings. The molecule has 0 amide bonds. The molecule has 4 rings (SSSR count). The highest BCUT2D eigenvalue weighted by molar-refractivity contribution is 6.30. The molecule has 1 atom stereocenters. The number of H-pyrrole nitrogens is 1. The molecule has 0 radical (unpaired) electrons. The molecule has 2 aliphatic rings. The van der Waals surface area contributed by atoms with Crippen molar-refractivity contribution < 1.29 is 0 Å². The summed E-state index contributed by atoms with van der Waals surface area (Å²) in [6, 6.07) is 8.38. The van der Waals surface area contributed by atoms with E-state index in [1.165, 1.54) is 51.9 Å². The molecule has 24 heavy (non-hydrogen) atoms. The summed E-state index contributed by atoms with van der Waals surface area (Å²) in [5, 5.41) is 4.23. The van der Waals surface area contributed by atoms with Crippen molar-refractivity contribution in [2.24, 2.45) is 5.92 Å². The van der Waals surface area contributed by atoms with Gasteiger partial charge in [-0.3, -0.25) is 4.90 Å². The maximum absolute atomic E-state index is 5.98. The monoisotopic (exact) mass is 344 g/mol. The lowest BCUT2D eigenvalue weighted by molar-refractivity contribution is 0.188. The fraction of sp³-hybridized carbons (Fsp3) is 0.526. The summed E-state index contributed by atoms with van der Waals surface area (Å²) in [6.07, 6.45) is 7.04. The Hall–Kier alpha value is -1.36. The third-order valence-electron chi connectivity index (χ3n) is 5.38. The lowest BCUT2D eigenvalue weighted by Gasteiger charge is -2.30. The number of aromatic nitrogens is 2. The maximum atomic E-state index is 5.98. The number of likely N-dealkylation sites (tertiary alicyclic amines) is 1. The number of benzene rings is 1. The number of hydrogen-bond donors (Lipinski definition) is 2. The Labute approximate surface area is 148 Å². The van der Waals surface area contributed by atoms with Gasteiger partial charge in [-0.1, -0.05) is 23.7 Å². The predicted octanol–water partition coefficient (Wildman–Crippen LogP) is 3.87. The molecule has 1 aromatic heterocycles. The molecule has 2 saturated heterocycles. The normalized spacial score (nSPS) is 23.0. The molecule has 128 valence electrons. The average Bonchev–Trinajstić information content (AvgIpc) is 3.25. The van der Waals surface area contributed by atoms with Gasteiger partial charge in [0.05, 0.1) is 17.9 Å². The van der Waals surface area contributed by atoms with E-state index in [-0.39, 0.29) is 0 Å². The summed E-state index contributed by atoms with van der Waals surface area (Å²) in [6.45, 7) is 4.75. The van der Waals surface area contributed by atoms with Crippen molar-refractivity contribution >= 4 is 11.6 Å². The number of aromatic amines is 1. The van der Waals surface area contributed by atoms with Crippen LogP contribution in [0.25, 0.3) is 11.3 Å². The number of piperidine rings is 1. The molecule has 1 aromatic carbocycles. The molecule has 2 fully saturated rings. The van der Waals surface area contributed by atoms with E-state index >= 15 is 0 Å². The molecular formula is C19H25ClN4. The van der Waals surface area contributed by atoms with E-state index < -0.39 is 0 Å². The van der Waals surface area contributed by atoms with Crippen molar-refractivity contribution in [2.75, 3.05) is 26.2 Å². The van der Waals surface area contributed by atoms with Crippen LogP contribution in [0.4, 0.5) is 0 Å². The van der Waals surface area contributed by atoms with Crippen LogP contribution in [0.15, 0.2) is 30.5 Å². The SMILES string of the molecule is Clc1ccc(-c2cnc(C3CCCN3CC3CCNCC3)[nH]2)cc1. The Morgan fingerprint density at radius 2 is 1.92 bits per heavy atom. The minimum atomic E-state index is 0.445. The molecule has 5 heteroatoms. The van der Waals surface area contributed by atoms with Crippen molar-refractivity contribution in [3.8, 4) is 11.3 Å². The molecular weight excluding hydrogens is 320 g/mol. The van der Waals surface area contributed by atoms with Gasteiger partial charge in [0.25, 0.3) is 0 Å². The van der Waals surface area contributed by atoms with Crippen molar-refractivity contribution in [1.29, 1.82) is 0 Å². The van der Waals surface area contributed by atoms with Crippen LogP contribution in [0.2, 0.25) is 5.02 Å². The van der Waals surface area contributed by atoms with E-state index in [1.807, 2.05) is 30.5 Å². The van der Waals surface area contributed by atoms with Crippen molar-refractivity contribution in [2.45, 2.75) is 31.7 Å². The highest BCUT2D eigenvalue weighted by Crippen LogP contribution is 2.33. The smallest absolute Gasteiger partial charge is 0.123 e. The minimum Gasteiger partial charge on any atom is -0.341 e. The molecule has 3 heterocycles. The van der Waals surface area contributed by atoms with Gasteiger partial charge in [-0.15, -0.1) is 0 Å². The van der Waals surface area contributed by atoms with Gasteiger partial charge in [0, 0.05) is 11.6 Å². The summed E-state index contributed by atoms with van der Waals surface area (Å²) in [7, 11) is 0. The summed E-state index contributed by atoms with van der Waals surface area (Å²) in [5.74, 6) is 1.95. The van der Waals surface area contributed by atoms with Crippen LogP contribution in [0.1, 0.15) is 37.5 Å². The number of hydrogen-bond acceptors (Lipinski definition) is 3. The van der Waals surface area contributed by atoms with Crippen molar-refractivity contribution in [3.05, 3.63) is 41.3 Å². The van der Waals surface area contributed by atoms with Crippen LogP contribution in [0, 0.1) is 5.92 Å². The average molecular weight is 345 g/mol. The molecule has 0 saturated carbocycles. The first-order valence-electron chi connectivity index (χ1n) is 9.05. The molecule has 2 aliphatic heterocycles. The van der Waals surface area contributed by atoms with Gasteiger partial charge in [-0.2, -0.15) is 0 Å². The fourth-order valence-corrected chi connectivity index (χ4v) is 4.16. The van der Waals surface area contributed by atoms with Crippen molar-refractivity contribution in [3.63, 3.8) is 0 Å². The Bertz CT molecular complexity index is 660. The molecule has 0 spiro atoms. The second kappa shape index (κ2) is 7.26. The van der Waals surface area contributed by atoms with Gasteiger partial charge in [0.1, 0.15) is 5.82 Å². The summed E-state index contributed by atoms with van der Waals surface area (Å²) < 4.78 is 0. The van der Waals surface area contributed by atoms with E-state index in [0.29, 0.717) is 6.04 Å². The number of halogens is 1. The van der Waals surface area contributed by atoms with Crippen LogP contribution in [-0.2, 0) is 0 Å². The quantitative estimate of drug-likeness (QED) is 0.885. The number of imidazole rings is 1. The maximum Gasteiger partial charge on any atom is 0.123 e. The molecule has 0 aliphatic carbocycles. The first-order valence-corrected chi connectivity index (χ1v) is 9.43. The van der Waals surface area contributed by atoms with E-state index in [2.05, 4.69) is 15.2 Å². The van der Waals surface area contributed by atoms with Gasteiger partial charge in [0.15, 0.2) is 0 Å². The fourth-order valence-electron chi connectivity index (χ4n) is 4.03. The molecule has 1 unspecified atom stereocenters. The summed E-state index contributed by atoms with van der Waals surface area (Å²) in [5.41, 5.74) is 2.22. The van der Waals surface area contributed by atoms with Crippen molar-refractivity contribution in [1.82, 2.24) is 20.2 Å². The third kappa shape index (κ3) is 3.51. The Balaban J connectivity index is 1.47. The van der Waals surface area contributed by atoms with Gasteiger partial charge in [0.2, 0.25) is 0 Å². The summed E-state index contributed by atoms with van der Waals surface area (Å²) in [4.78, 5) is 10.9. The van der Waals surface area contributed by atoms with E-state index in [9.17, 15) is 0 Å².